The number of H-pyrrole nitrogens is 1. The predicted molar refractivity (Wildman–Crippen MR) is 126 cm³/mol. The van der Waals surface area contributed by atoms with Gasteiger partial charge in [0.05, 0.1) is 28.4 Å². The van der Waals surface area contributed by atoms with Crippen LogP contribution in [0.3, 0.4) is 0 Å². The average Bonchev–Trinajstić information content (AvgIpc) is 3.44. The SMILES string of the molecule is Cc1oncc1C(=O)Cc1ccc2nc(-c3cc(N4CCN(C)CC4)cc(C(F)(F)F)c3)[nH]c2c1. The number of hydrogen-bond donors (Lipinski definition) is 1. The van der Waals surface area contributed by atoms with Gasteiger partial charge >= 0.3 is 6.18 Å². The summed E-state index contributed by atoms with van der Waals surface area (Å²) < 4.78 is 46.1. The third-order valence-electron chi connectivity index (χ3n) is 6.35. The molecule has 0 bridgehead atoms. The van der Waals surface area contributed by atoms with Crippen LogP contribution in [0.25, 0.3) is 22.4 Å². The third kappa shape index (κ3) is 4.79. The molecule has 5 rings (SSSR count). The molecule has 3 heterocycles. The highest BCUT2D eigenvalue weighted by Gasteiger charge is 2.32. The second kappa shape index (κ2) is 8.84. The zero-order valence-corrected chi connectivity index (χ0v) is 19.3. The first-order chi connectivity index (χ1) is 16.7. The molecule has 10 heteroatoms. The van der Waals surface area contributed by atoms with Gasteiger partial charge < -0.3 is 19.3 Å². The molecule has 0 unspecified atom stereocenters. The van der Waals surface area contributed by atoms with Crippen molar-refractivity contribution in [2.45, 2.75) is 19.5 Å². The Morgan fingerprint density at radius 3 is 2.57 bits per heavy atom. The van der Waals surface area contributed by atoms with Gasteiger partial charge in [-0.1, -0.05) is 11.2 Å². The molecule has 1 fully saturated rings. The van der Waals surface area contributed by atoms with Crippen molar-refractivity contribution in [3.05, 3.63) is 65.0 Å². The van der Waals surface area contributed by atoms with E-state index in [9.17, 15) is 18.0 Å². The molecule has 0 atom stereocenters. The Balaban J connectivity index is 1.47. The first-order valence-electron chi connectivity index (χ1n) is 11.3. The quantitative estimate of drug-likeness (QED) is 0.414. The number of rotatable bonds is 5. The summed E-state index contributed by atoms with van der Waals surface area (Å²) in [7, 11) is 2.00. The van der Waals surface area contributed by atoms with Crippen molar-refractivity contribution in [2.24, 2.45) is 0 Å². The van der Waals surface area contributed by atoms with Crippen molar-refractivity contribution < 1.29 is 22.5 Å². The van der Waals surface area contributed by atoms with Crippen LogP contribution >= 0.6 is 0 Å². The number of likely N-dealkylation sites (N-methyl/N-ethyl adjacent to an activating group) is 1. The average molecular weight is 483 g/mol. The maximum absolute atomic E-state index is 13.7. The summed E-state index contributed by atoms with van der Waals surface area (Å²) >= 11 is 0. The molecule has 0 aliphatic carbocycles. The minimum atomic E-state index is -4.48. The molecule has 1 aliphatic heterocycles. The van der Waals surface area contributed by atoms with Gasteiger partial charge in [-0.25, -0.2) is 4.98 Å². The number of aromatic nitrogens is 3. The third-order valence-corrected chi connectivity index (χ3v) is 6.35. The van der Waals surface area contributed by atoms with E-state index in [0.29, 0.717) is 52.5 Å². The van der Waals surface area contributed by atoms with Gasteiger partial charge in [-0.2, -0.15) is 13.2 Å². The van der Waals surface area contributed by atoms with Gasteiger partial charge in [0, 0.05) is 43.9 Å². The van der Waals surface area contributed by atoms with Crippen molar-refractivity contribution >= 4 is 22.5 Å². The molecule has 1 aliphatic rings. The number of ketones is 1. The second-order valence-corrected chi connectivity index (χ2v) is 8.89. The number of hydrogen-bond acceptors (Lipinski definition) is 6. The molecule has 2 aromatic carbocycles. The van der Waals surface area contributed by atoms with E-state index in [1.807, 2.05) is 11.9 Å². The maximum atomic E-state index is 13.7. The van der Waals surface area contributed by atoms with Gasteiger partial charge in [0.15, 0.2) is 5.78 Å². The van der Waals surface area contributed by atoms with Gasteiger partial charge in [-0.15, -0.1) is 0 Å². The van der Waals surface area contributed by atoms with E-state index in [1.165, 1.54) is 12.3 Å². The number of imidazole rings is 1. The number of fused-ring (bicyclic) bond motifs is 1. The number of carbonyl (C=O) groups is 1. The van der Waals surface area contributed by atoms with Crippen molar-refractivity contribution in [3.63, 3.8) is 0 Å². The van der Waals surface area contributed by atoms with E-state index < -0.39 is 11.7 Å². The molecular weight excluding hydrogens is 459 g/mol. The van der Waals surface area contributed by atoms with E-state index in [4.69, 9.17) is 4.52 Å². The minimum absolute atomic E-state index is 0.127. The van der Waals surface area contributed by atoms with Crippen molar-refractivity contribution in [3.8, 4) is 11.4 Å². The summed E-state index contributed by atoms with van der Waals surface area (Å²) in [6, 6.07) is 9.41. The lowest BCUT2D eigenvalue weighted by Gasteiger charge is -2.34. The van der Waals surface area contributed by atoms with Crippen LogP contribution in [0.4, 0.5) is 18.9 Å². The lowest BCUT2D eigenvalue weighted by molar-refractivity contribution is -0.137. The molecule has 4 aromatic rings. The van der Waals surface area contributed by atoms with Crippen LogP contribution in [-0.4, -0.2) is 59.0 Å². The summed E-state index contributed by atoms with van der Waals surface area (Å²) in [5.41, 5.74) is 2.61. The van der Waals surface area contributed by atoms with Crippen molar-refractivity contribution in [1.82, 2.24) is 20.0 Å². The molecule has 1 N–H and O–H groups in total. The highest BCUT2D eigenvalue weighted by molar-refractivity contribution is 5.98. The van der Waals surface area contributed by atoms with Gasteiger partial charge in [0.25, 0.3) is 0 Å². The highest BCUT2D eigenvalue weighted by Crippen LogP contribution is 2.36. The van der Waals surface area contributed by atoms with E-state index in [1.54, 1.807) is 31.2 Å². The molecule has 35 heavy (non-hydrogen) atoms. The Morgan fingerprint density at radius 1 is 1.11 bits per heavy atom. The van der Waals surface area contributed by atoms with Crippen LogP contribution in [0.15, 0.2) is 47.1 Å². The molecule has 0 saturated carbocycles. The fourth-order valence-electron chi connectivity index (χ4n) is 4.31. The largest absolute Gasteiger partial charge is 0.416 e. The standard InChI is InChI=1S/C25H24F3N5O2/c1-15-20(14-29-35-15)23(34)10-16-3-4-21-22(9-16)31-24(30-21)17-11-18(25(26,27)28)13-19(12-17)33-7-5-32(2)6-8-33/h3-4,9,11-14H,5-8,10H2,1-2H3,(H,30,31). The molecule has 0 spiro atoms. The van der Waals surface area contributed by atoms with E-state index in [0.717, 1.165) is 24.7 Å². The van der Waals surface area contributed by atoms with Crippen LogP contribution in [0.1, 0.15) is 27.2 Å². The first-order valence-corrected chi connectivity index (χ1v) is 11.3. The molecule has 2 aromatic heterocycles. The molecule has 0 amide bonds. The van der Waals surface area contributed by atoms with Crippen LogP contribution in [0.2, 0.25) is 0 Å². The zero-order valence-electron chi connectivity index (χ0n) is 19.3. The number of alkyl halides is 3. The second-order valence-electron chi connectivity index (χ2n) is 8.89. The lowest BCUT2D eigenvalue weighted by Crippen LogP contribution is -2.44. The number of halogens is 3. The molecule has 0 radical (unpaired) electrons. The number of aryl methyl sites for hydroxylation is 1. The number of Topliss-reactive ketones (excluding diaryl/α,β-unsaturated/α-hetero) is 1. The Hall–Kier alpha value is -3.66. The van der Waals surface area contributed by atoms with Crippen molar-refractivity contribution in [1.29, 1.82) is 0 Å². The summed E-state index contributed by atoms with van der Waals surface area (Å²) in [5.74, 6) is 0.679. The van der Waals surface area contributed by atoms with Crippen LogP contribution in [0.5, 0.6) is 0 Å². The molecular formula is C25H24F3N5O2. The fraction of sp³-hybridized carbons (Fsp3) is 0.320. The van der Waals surface area contributed by atoms with Gasteiger partial charge in [-0.3, -0.25) is 4.79 Å². The number of benzene rings is 2. The number of nitrogens with one attached hydrogen (secondary N) is 1. The van der Waals surface area contributed by atoms with Crippen LogP contribution in [0, 0.1) is 6.92 Å². The summed E-state index contributed by atoms with van der Waals surface area (Å²) in [4.78, 5) is 24.3. The first kappa shape index (κ1) is 23.1. The summed E-state index contributed by atoms with van der Waals surface area (Å²) in [5, 5.41) is 3.64. The van der Waals surface area contributed by atoms with Crippen LogP contribution < -0.4 is 4.90 Å². The Morgan fingerprint density at radius 2 is 1.89 bits per heavy atom. The number of nitrogens with zero attached hydrogens (tertiary/aromatic N) is 4. The van der Waals surface area contributed by atoms with E-state index >= 15 is 0 Å². The molecule has 1 saturated heterocycles. The fourth-order valence-corrected chi connectivity index (χ4v) is 4.31. The Bertz CT molecular complexity index is 1380. The highest BCUT2D eigenvalue weighted by atomic mass is 19.4. The van der Waals surface area contributed by atoms with Gasteiger partial charge in [0.1, 0.15) is 11.6 Å². The van der Waals surface area contributed by atoms with Crippen LogP contribution in [-0.2, 0) is 12.6 Å². The number of anilines is 1. The molecule has 182 valence electrons. The van der Waals surface area contributed by atoms with Gasteiger partial charge in [-0.05, 0) is 49.9 Å². The number of carbonyl (C=O) groups excluding carboxylic acids is 1. The lowest BCUT2D eigenvalue weighted by atomic mass is 10.0. The normalized spacial score (nSPS) is 15.2. The minimum Gasteiger partial charge on any atom is -0.369 e. The Kier molecular flexibility index (Phi) is 5.84. The smallest absolute Gasteiger partial charge is 0.369 e. The predicted octanol–water partition coefficient (Wildman–Crippen LogP) is 4.72. The van der Waals surface area contributed by atoms with Gasteiger partial charge in [0.2, 0.25) is 0 Å². The summed E-state index contributed by atoms with van der Waals surface area (Å²) in [6.07, 6.45) is -2.93. The number of piperazine rings is 1. The van der Waals surface area contributed by atoms with E-state index in [-0.39, 0.29) is 12.2 Å². The topological polar surface area (TPSA) is 78.3 Å². The monoisotopic (exact) mass is 483 g/mol. The van der Waals surface area contributed by atoms with Crippen molar-refractivity contribution in [2.75, 3.05) is 38.1 Å². The molecule has 7 nitrogen and oxygen atoms in total. The Labute approximate surface area is 199 Å². The zero-order chi connectivity index (χ0) is 24.7. The van der Waals surface area contributed by atoms with E-state index in [2.05, 4.69) is 20.0 Å². The number of aromatic amines is 1. The maximum Gasteiger partial charge on any atom is 0.416 e. The summed E-state index contributed by atoms with van der Waals surface area (Å²) in [6.45, 7) is 4.55.